The number of carbonyl (C=O) groups is 1. The third-order valence-corrected chi connectivity index (χ3v) is 2.38. The quantitative estimate of drug-likeness (QED) is 0.756. The molecule has 0 aliphatic carbocycles. The zero-order valence-electron chi connectivity index (χ0n) is 11.1. The molecule has 0 amide bonds. The van der Waals surface area contributed by atoms with Crippen molar-refractivity contribution in [1.82, 2.24) is 0 Å². The molecule has 3 heteroatoms. The van der Waals surface area contributed by atoms with Gasteiger partial charge in [0.25, 0.3) is 0 Å². The first-order chi connectivity index (χ1) is 7.83. The highest BCUT2D eigenvalue weighted by atomic mass is 16.6. The van der Waals surface area contributed by atoms with Gasteiger partial charge < -0.3 is 9.47 Å². The van der Waals surface area contributed by atoms with Gasteiger partial charge in [-0.1, -0.05) is 12.1 Å². The lowest BCUT2D eigenvalue weighted by Crippen LogP contribution is -2.26. The lowest BCUT2D eigenvalue weighted by Gasteiger charge is -2.22. The second-order valence-electron chi connectivity index (χ2n) is 5.03. The number of benzene rings is 1. The van der Waals surface area contributed by atoms with E-state index in [4.69, 9.17) is 9.47 Å². The molecular formula is C14H20O3. The van der Waals surface area contributed by atoms with E-state index in [1.54, 1.807) is 7.11 Å². The molecule has 0 spiro atoms. The Bertz CT molecular complexity index is 373. The number of ether oxygens (including phenoxy) is 2. The average molecular weight is 236 g/mol. The molecule has 17 heavy (non-hydrogen) atoms. The molecule has 1 aromatic rings. The third-order valence-electron chi connectivity index (χ3n) is 2.38. The van der Waals surface area contributed by atoms with E-state index in [9.17, 15) is 4.79 Å². The SMILES string of the molecule is COc1ccc([C@H](C)C(=O)OC(C)(C)C)cc1. The highest BCUT2D eigenvalue weighted by Crippen LogP contribution is 2.22. The van der Waals surface area contributed by atoms with E-state index in [0.29, 0.717) is 0 Å². The van der Waals surface area contributed by atoms with Crippen molar-refractivity contribution in [2.75, 3.05) is 7.11 Å². The molecule has 0 heterocycles. The smallest absolute Gasteiger partial charge is 0.313 e. The Balaban J connectivity index is 2.74. The Morgan fingerprint density at radius 3 is 2.12 bits per heavy atom. The number of rotatable bonds is 3. The zero-order valence-corrected chi connectivity index (χ0v) is 11.1. The van der Waals surface area contributed by atoms with Gasteiger partial charge in [-0.05, 0) is 45.4 Å². The number of hydrogen-bond acceptors (Lipinski definition) is 3. The highest BCUT2D eigenvalue weighted by Gasteiger charge is 2.22. The minimum Gasteiger partial charge on any atom is -0.497 e. The van der Waals surface area contributed by atoms with Gasteiger partial charge in [0, 0.05) is 0 Å². The van der Waals surface area contributed by atoms with Crippen molar-refractivity contribution < 1.29 is 14.3 Å². The lowest BCUT2D eigenvalue weighted by atomic mass is 10.0. The van der Waals surface area contributed by atoms with Crippen molar-refractivity contribution in [3.8, 4) is 5.75 Å². The first-order valence-corrected chi connectivity index (χ1v) is 5.70. The normalized spacial score (nSPS) is 13.0. The van der Waals surface area contributed by atoms with Crippen molar-refractivity contribution in [3.63, 3.8) is 0 Å². The van der Waals surface area contributed by atoms with Gasteiger partial charge in [-0.15, -0.1) is 0 Å². The monoisotopic (exact) mass is 236 g/mol. The average Bonchev–Trinajstić information content (AvgIpc) is 2.26. The lowest BCUT2D eigenvalue weighted by molar-refractivity contribution is -0.156. The molecule has 0 unspecified atom stereocenters. The van der Waals surface area contributed by atoms with Crippen LogP contribution in [-0.2, 0) is 9.53 Å². The summed E-state index contributed by atoms with van der Waals surface area (Å²) in [5.74, 6) is 0.313. The van der Waals surface area contributed by atoms with Gasteiger partial charge in [0.05, 0.1) is 13.0 Å². The fourth-order valence-electron chi connectivity index (χ4n) is 1.42. The van der Waals surface area contributed by atoms with Crippen molar-refractivity contribution >= 4 is 5.97 Å². The number of hydrogen-bond donors (Lipinski definition) is 0. The van der Waals surface area contributed by atoms with Crippen LogP contribution < -0.4 is 4.74 Å². The fraction of sp³-hybridized carbons (Fsp3) is 0.500. The molecule has 0 saturated carbocycles. The van der Waals surface area contributed by atoms with Crippen LogP contribution in [0.3, 0.4) is 0 Å². The number of carbonyl (C=O) groups excluding carboxylic acids is 1. The molecule has 1 aromatic carbocycles. The van der Waals surface area contributed by atoms with Gasteiger partial charge in [0.1, 0.15) is 11.4 Å². The van der Waals surface area contributed by atoms with Crippen LogP contribution >= 0.6 is 0 Å². The Kier molecular flexibility index (Phi) is 4.16. The first-order valence-electron chi connectivity index (χ1n) is 5.70. The van der Waals surface area contributed by atoms with E-state index >= 15 is 0 Å². The van der Waals surface area contributed by atoms with Crippen molar-refractivity contribution in [2.45, 2.75) is 39.2 Å². The largest absolute Gasteiger partial charge is 0.497 e. The molecule has 0 radical (unpaired) electrons. The molecule has 3 nitrogen and oxygen atoms in total. The summed E-state index contributed by atoms with van der Waals surface area (Å²) < 4.78 is 10.4. The Hall–Kier alpha value is -1.51. The Morgan fingerprint density at radius 1 is 1.18 bits per heavy atom. The molecule has 1 atom stereocenters. The zero-order chi connectivity index (χ0) is 13.1. The van der Waals surface area contributed by atoms with E-state index in [2.05, 4.69) is 0 Å². The van der Waals surface area contributed by atoms with E-state index in [0.717, 1.165) is 11.3 Å². The Morgan fingerprint density at radius 2 is 1.71 bits per heavy atom. The van der Waals surface area contributed by atoms with Gasteiger partial charge in [-0.3, -0.25) is 4.79 Å². The summed E-state index contributed by atoms with van der Waals surface area (Å²) in [5.41, 5.74) is 0.484. The first kappa shape index (κ1) is 13.6. The maximum absolute atomic E-state index is 11.9. The minimum absolute atomic E-state index is 0.206. The standard InChI is InChI=1S/C14H20O3/c1-10(13(15)17-14(2,3)4)11-6-8-12(16-5)9-7-11/h6-10H,1-5H3/t10-/m0/s1. The van der Waals surface area contributed by atoms with E-state index in [-0.39, 0.29) is 11.9 Å². The summed E-state index contributed by atoms with van der Waals surface area (Å²) in [4.78, 5) is 11.9. The van der Waals surface area contributed by atoms with Gasteiger partial charge >= 0.3 is 5.97 Å². The summed E-state index contributed by atoms with van der Waals surface area (Å²) >= 11 is 0. The van der Waals surface area contributed by atoms with Gasteiger partial charge in [-0.2, -0.15) is 0 Å². The maximum Gasteiger partial charge on any atom is 0.313 e. The Labute approximate surface area is 103 Å². The predicted octanol–water partition coefficient (Wildman–Crippen LogP) is 3.14. The van der Waals surface area contributed by atoms with Crippen LogP contribution in [0.1, 0.15) is 39.2 Å². The topological polar surface area (TPSA) is 35.5 Å². The maximum atomic E-state index is 11.9. The summed E-state index contributed by atoms with van der Waals surface area (Å²) in [6.45, 7) is 7.44. The van der Waals surface area contributed by atoms with Crippen LogP contribution in [0.5, 0.6) is 5.75 Å². The minimum atomic E-state index is -0.447. The summed E-state index contributed by atoms with van der Waals surface area (Å²) in [7, 11) is 1.62. The van der Waals surface area contributed by atoms with Crippen LogP contribution in [0.25, 0.3) is 0 Å². The summed E-state index contributed by atoms with van der Waals surface area (Å²) in [6, 6.07) is 7.45. The third kappa shape index (κ3) is 4.10. The molecule has 1 rings (SSSR count). The van der Waals surface area contributed by atoms with Crippen molar-refractivity contribution in [1.29, 1.82) is 0 Å². The van der Waals surface area contributed by atoms with Gasteiger partial charge in [0.15, 0.2) is 0 Å². The van der Waals surface area contributed by atoms with Crippen molar-refractivity contribution in [3.05, 3.63) is 29.8 Å². The predicted molar refractivity (Wildman–Crippen MR) is 67.3 cm³/mol. The van der Waals surface area contributed by atoms with E-state index in [1.807, 2.05) is 52.0 Å². The van der Waals surface area contributed by atoms with E-state index in [1.165, 1.54) is 0 Å². The molecule has 94 valence electrons. The molecule has 0 bridgehead atoms. The number of methoxy groups -OCH3 is 1. The van der Waals surface area contributed by atoms with E-state index < -0.39 is 5.60 Å². The second-order valence-corrected chi connectivity index (χ2v) is 5.03. The summed E-state index contributed by atoms with van der Waals surface area (Å²) in [5, 5.41) is 0. The molecule has 0 saturated heterocycles. The second kappa shape index (κ2) is 5.21. The molecule has 0 aliphatic heterocycles. The van der Waals surface area contributed by atoms with Crippen LogP contribution in [0.15, 0.2) is 24.3 Å². The molecular weight excluding hydrogens is 216 g/mol. The molecule has 0 N–H and O–H groups in total. The fourth-order valence-corrected chi connectivity index (χ4v) is 1.42. The van der Waals surface area contributed by atoms with Gasteiger partial charge in [-0.25, -0.2) is 0 Å². The summed E-state index contributed by atoms with van der Waals surface area (Å²) in [6.07, 6.45) is 0. The van der Waals surface area contributed by atoms with Crippen molar-refractivity contribution in [2.24, 2.45) is 0 Å². The molecule has 0 aliphatic rings. The van der Waals surface area contributed by atoms with Gasteiger partial charge in [0.2, 0.25) is 0 Å². The molecule has 0 fully saturated rings. The van der Waals surface area contributed by atoms with Crippen LogP contribution in [-0.4, -0.2) is 18.7 Å². The van der Waals surface area contributed by atoms with Crippen LogP contribution in [0.4, 0.5) is 0 Å². The van der Waals surface area contributed by atoms with Crippen LogP contribution in [0.2, 0.25) is 0 Å². The highest BCUT2D eigenvalue weighted by molar-refractivity contribution is 5.78. The van der Waals surface area contributed by atoms with Crippen LogP contribution in [0, 0.1) is 0 Å². The number of esters is 1. The molecule has 0 aromatic heterocycles.